The summed E-state index contributed by atoms with van der Waals surface area (Å²) >= 11 is 0. The Morgan fingerprint density at radius 2 is 1.94 bits per heavy atom. The lowest BCUT2D eigenvalue weighted by Gasteiger charge is -2.32. The van der Waals surface area contributed by atoms with Crippen molar-refractivity contribution in [1.82, 2.24) is 0 Å². The molecule has 0 aromatic heterocycles. The summed E-state index contributed by atoms with van der Waals surface area (Å²) in [5.41, 5.74) is 0. The second-order valence-electron chi connectivity index (χ2n) is 5.09. The highest BCUT2D eigenvalue weighted by Gasteiger charge is 2.28. The Hall–Kier alpha value is -0.600. The second-order valence-corrected chi connectivity index (χ2v) is 5.09. The zero-order valence-electron chi connectivity index (χ0n) is 10.6. The van der Waals surface area contributed by atoms with E-state index in [2.05, 4.69) is 18.8 Å². The Kier molecular flexibility index (Phi) is 4.41. The molecule has 0 aromatic rings. The molecule has 0 bridgehead atoms. The molecule has 2 atom stereocenters. The minimum Gasteiger partial charge on any atom is -0.600 e. The number of hydroxylamine groups is 2. The second kappa shape index (κ2) is 5.83. The Labute approximate surface area is 103 Å². The molecule has 1 saturated carbocycles. The summed E-state index contributed by atoms with van der Waals surface area (Å²) in [7, 11) is 1.47. The van der Waals surface area contributed by atoms with Crippen LogP contribution < -0.4 is 5.23 Å². The average molecular weight is 239 g/mol. The van der Waals surface area contributed by atoms with Crippen molar-refractivity contribution in [1.29, 1.82) is 0 Å². The van der Waals surface area contributed by atoms with Crippen LogP contribution in [-0.4, -0.2) is 25.9 Å². The van der Waals surface area contributed by atoms with Crippen molar-refractivity contribution in [2.75, 3.05) is 13.7 Å². The van der Waals surface area contributed by atoms with E-state index in [-0.39, 0.29) is 17.4 Å². The first kappa shape index (κ1) is 12.8. The van der Waals surface area contributed by atoms with Gasteiger partial charge >= 0.3 is 0 Å². The lowest BCUT2D eigenvalue weighted by atomic mass is 9.80. The average Bonchev–Trinajstić information content (AvgIpc) is 3.11. The van der Waals surface area contributed by atoms with E-state index in [1.165, 1.54) is 19.9 Å². The van der Waals surface area contributed by atoms with Crippen LogP contribution in [0.15, 0.2) is 0 Å². The van der Waals surface area contributed by atoms with E-state index >= 15 is 0 Å². The summed E-state index contributed by atoms with van der Waals surface area (Å²) in [5, 5.41) is 10.6. The van der Waals surface area contributed by atoms with E-state index in [9.17, 15) is 5.21 Å². The van der Waals surface area contributed by atoms with Gasteiger partial charge in [0.1, 0.15) is 6.61 Å². The van der Waals surface area contributed by atoms with Crippen LogP contribution in [-0.2, 0) is 9.57 Å². The Morgan fingerprint density at radius 3 is 2.47 bits per heavy atom. The molecule has 4 heteroatoms. The summed E-state index contributed by atoms with van der Waals surface area (Å²) in [6.45, 7) is 2.72. The molecule has 0 radical (unpaired) electrons. The van der Waals surface area contributed by atoms with Gasteiger partial charge in [-0.15, -0.1) is 0 Å². The summed E-state index contributed by atoms with van der Waals surface area (Å²) in [4.78, 5) is 5.06. The number of hydrogen-bond donors (Lipinski definition) is 1. The highest BCUT2D eigenvalue weighted by atomic mass is 16.9. The monoisotopic (exact) mass is 239 g/mol. The van der Waals surface area contributed by atoms with E-state index in [0.717, 1.165) is 12.8 Å². The van der Waals surface area contributed by atoms with E-state index < -0.39 is 0 Å². The molecule has 2 rings (SSSR count). The first-order valence-corrected chi connectivity index (χ1v) is 6.45. The molecule has 0 saturated heterocycles. The minimum absolute atomic E-state index is 0.0590. The SMILES string of the molecule is CC(OC1C#C1)C1CCC(CO[NH+](C)[O-])CC1. The Morgan fingerprint density at radius 1 is 1.29 bits per heavy atom. The van der Waals surface area contributed by atoms with Crippen LogP contribution in [0.4, 0.5) is 0 Å². The first-order chi connectivity index (χ1) is 8.15. The molecule has 2 aliphatic rings. The van der Waals surface area contributed by atoms with Gasteiger partial charge in [0.2, 0.25) is 0 Å². The van der Waals surface area contributed by atoms with Crippen molar-refractivity contribution in [3.05, 3.63) is 5.21 Å². The smallest absolute Gasteiger partial charge is 0.179 e. The van der Waals surface area contributed by atoms with Gasteiger partial charge in [-0.25, -0.2) is 10.1 Å². The van der Waals surface area contributed by atoms with Gasteiger partial charge < -0.3 is 9.94 Å². The minimum atomic E-state index is -0.172. The largest absolute Gasteiger partial charge is 0.600 e. The standard InChI is InChI=1S/C13H21NO3/c1-10(17-13-7-8-13)12-5-3-11(4-6-12)9-16-14(2)15/h10-14H,3-6,9H2,1-2H3. The van der Waals surface area contributed by atoms with Crippen LogP contribution in [0.3, 0.4) is 0 Å². The summed E-state index contributed by atoms with van der Waals surface area (Å²) in [6.07, 6.45) is 4.95. The van der Waals surface area contributed by atoms with E-state index in [1.807, 2.05) is 0 Å². The first-order valence-electron chi connectivity index (χ1n) is 6.45. The topological polar surface area (TPSA) is 46.0 Å². The predicted molar refractivity (Wildman–Crippen MR) is 63.8 cm³/mol. The fraction of sp³-hybridized carbons (Fsp3) is 0.846. The summed E-state index contributed by atoms with van der Waals surface area (Å²) < 4.78 is 5.73. The highest BCUT2D eigenvalue weighted by molar-refractivity contribution is 5.33. The van der Waals surface area contributed by atoms with Crippen LogP contribution in [0.1, 0.15) is 32.6 Å². The van der Waals surface area contributed by atoms with Gasteiger partial charge in [0.15, 0.2) is 6.10 Å². The molecule has 0 heterocycles. The molecule has 96 valence electrons. The number of nitrogens with one attached hydrogen (secondary N) is 1. The molecule has 1 N–H and O–H groups in total. The van der Waals surface area contributed by atoms with Gasteiger partial charge in [-0.05, 0) is 44.4 Å². The van der Waals surface area contributed by atoms with Crippen molar-refractivity contribution in [2.24, 2.45) is 11.8 Å². The van der Waals surface area contributed by atoms with E-state index in [0.29, 0.717) is 18.4 Å². The van der Waals surface area contributed by atoms with Crippen molar-refractivity contribution in [3.63, 3.8) is 0 Å². The van der Waals surface area contributed by atoms with Gasteiger partial charge in [0.25, 0.3) is 0 Å². The maximum Gasteiger partial charge on any atom is 0.179 e. The third-order valence-electron chi connectivity index (χ3n) is 3.69. The zero-order valence-corrected chi connectivity index (χ0v) is 10.6. The molecule has 4 nitrogen and oxygen atoms in total. The number of hydrogen-bond acceptors (Lipinski definition) is 3. The Bertz CT molecular complexity index is 292. The molecular formula is C13H21NO3. The van der Waals surface area contributed by atoms with E-state index in [4.69, 9.17) is 9.57 Å². The molecule has 2 aliphatic carbocycles. The predicted octanol–water partition coefficient (Wildman–Crippen LogP) is 0.528. The molecule has 0 aromatic carbocycles. The third-order valence-corrected chi connectivity index (χ3v) is 3.69. The molecule has 0 amide bonds. The normalized spacial score (nSPS) is 31.5. The maximum absolute atomic E-state index is 10.7. The summed E-state index contributed by atoms with van der Waals surface area (Å²) in [5.74, 6) is 7.01. The van der Waals surface area contributed by atoms with Gasteiger partial charge in [-0.2, -0.15) is 0 Å². The van der Waals surface area contributed by atoms with Gasteiger partial charge in [0.05, 0.1) is 13.2 Å². The quantitative estimate of drug-likeness (QED) is 0.543. The van der Waals surface area contributed by atoms with Crippen molar-refractivity contribution in [3.8, 4) is 11.8 Å². The maximum atomic E-state index is 10.7. The summed E-state index contributed by atoms with van der Waals surface area (Å²) in [6, 6.07) is 0. The van der Waals surface area contributed by atoms with Gasteiger partial charge in [-0.1, -0.05) is 11.8 Å². The Balaban J connectivity index is 1.62. The van der Waals surface area contributed by atoms with Crippen LogP contribution in [0.25, 0.3) is 0 Å². The fourth-order valence-electron chi connectivity index (χ4n) is 2.49. The van der Waals surface area contributed by atoms with Crippen molar-refractivity contribution < 1.29 is 14.8 Å². The molecule has 17 heavy (non-hydrogen) atoms. The van der Waals surface area contributed by atoms with Crippen molar-refractivity contribution >= 4 is 0 Å². The molecular weight excluding hydrogens is 218 g/mol. The molecule has 2 unspecified atom stereocenters. The van der Waals surface area contributed by atoms with Crippen molar-refractivity contribution in [2.45, 2.75) is 44.8 Å². The number of rotatable bonds is 6. The van der Waals surface area contributed by atoms with Gasteiger partial charge in [-0.3, -0.25) is 0 Å². The highest BCUT2D eigenvalue weighted by Crippen LogP contribution is 2.32. The van der Waals surface area contributed by atoms with Crippen LogP contribution in [0.2, 0.25) is 0 Å². The third kappa shape index (κ3) is 4.29. The van der Waals surface area contributed by atoms with Crippen LogP contribution in [0.5, 0.6) is 0 Å². The van der Waals surface area contributed by atoms with Gasteiger partial charge in [0, 0.05) is 0 Å². The fourth-order valence-corrected chi connectivity index (χ4v) is 2.49. The van der Waals surface area contributed by atoms with Crippen LogP contribution in [0, 0.1) is 28.9 Å². The van der Waals surface area contributed by atoms with E-state index in [1.54, 1.807) is 0 Å². The molecule has 1 fully saturated rings. The number of quaternary nitrogens is 1. The lowest BCUT2D eigenvalue weighted by molar-refractivity contribution is -1.04. The van der Waals surface area contributed by atoms with Crippen LogP contribution >= 0.6 is 0 Å². The molecule has 0 spiro atoms. The lowest BCUT2D eigenvalue weighted by Crippen LogP contribution is -3.02. The molecule has 0 aliphatic heterocycles. The number of ether oxygens (including phenoxy) is 1. The zero-order chi connectivity index (χ0) is 12.3.